The largest absolute Gasteiger partial charge is 0.204 e. The molecule has 2 aromatic carbocycles. The number of hydrogen-bond donors (Lipinski definition) is 0. The van der Waals surface area contributed by atoms with Gasteiger partial charge in [0.1, 0.15) is 5.69 Å². The first kappa shape index (κ1) is 18.7. The Balaban J connectivity index is 2.28. The van der Waals surface area contributed by atoms with Crippen molar-refractivity contribution in [3.05, 3.63) is 70.3 Å². The summed E-state index contributed by atoms with van der Waals surface area (Å²) in [6.45, 7) is 4.09. The second kappa shape index (κ2) is 9.03. The molecule has 2 aromatic rings. The molecule has 25 heavy (non-hydrogen) atoms. The van der Waals surface area contributed by atoms with E-state index < -0.39 is 17.3 Å². The van der Waals surface area contributed by atoms with Crippen LogP contribution in [-0.4, -0.2) is 5.16 Å². The number of nitrogens with zero attached hydrogens (tertiary/aromatic N) is 1. The molecule has 2 rings (SSSR count). The Hall–Kier alpha value is -2.60. The number of isothiocyanates is 1. The minimum Gasteiger partial charge on any atom is -0.204 e. The Morgan fingerprint density at radius 3 is 2.44 bits per heavy atom. The maximum atomic E-state index is 13.8. The third kappa shape index (κ3) is 5.19. The van der Waals surface area contributed by atoms with Gasteiger partial charge in [-0.3, -0.25) is 0 Å². The molecule has 4 heteroatoms. The molecular weight excluding hydrogens is 336 g/mol. The van der Waals surface area contributed by atoms with Crippen LogP contribution in [0, 0.1) is 30.4 Å². The lowest BCUT2D eigenvalue weighted by Gasteiger charge is -2.01. The van der Waals surface area contributed by atoms with Gasteiger partial charge in [0, 0.05) is 11.1 Å². The summed E-state index contributed by atoms with van der Waals surface area (Å²) >= 11 is 4.38. The fourth-order valence-electron chi connectivity index (χ4n) is 2.25. The van der Waals surface area contributed by atoms with Crippen LogP contribution in [0.1, 0.15) is 42.0 Å². The molecule has 0 unspecified atom stereocenters. The highest BCUT2D eigenvalue weighted by Gasteiger charge is 2.09. The number of benzene rings is 2. The fraction of sp³-hybridized carbons (Fsp3) is 0.190. The van der Waals surface area contributed by atoms with Gasteiger partial charge in [0.05, 0.1) is 5.16 Å². The lowest BCUT2D eigenvalue weighted by Crippen LogP contribution is -1.87. The van der Waals surface area contributed by atoms with E-state index in [1.165, 1.54) is 0 Å². The summed E-state index contributed by atoms with van der Waals surface area (Å²) in [6.07, 6.45) is 6.37. The third-order valence-corrected chi connectivity index (χ3v) is 3.62. The summed E-state index contributed by atoms with van der Waals surface area (Å²) in [4.78, 5) is 3.38. The molecule has 0 N–H and O–H groups in total. The molecule has 0 fully saturated rings. The van der Waals surface area contributed by atoms with Crippen molar-refractivity contribution in [3.63, 3.8) is 0 Å². The average molecular weight is 353 g/mol. The van der Waals surface area contributed by atoms with Gasteiger partial charge in [-0.05, 0) is 54.9 Å². The number of hydrogen-bond acceptors (Lipinski definition) is 2. The molecule has 0 aliphatic carbocycles. The van der Waals surface area contributed by atoms with E-state index >= 15 is 0 Å². The minimum absolute atomic E-state index is 0.240. The van der Waals surface area contributed by atoms with Crippen LogP contribution < -0.4 is 0 Å². The number of aryl methyl sites for hydroxylation is 1. The Kier molecular flexibility index (Phi) is 6.77. The summed E-state index contributed by atoms with van der Waals surface area (Å²) in [5.41, 5.74) is 2.73. The highest BCUT2D eigenvalue weighted by molar-refractivity contribution is 7.78. The smallest absolute Gasteiger partial charge is 0.153 e. The average Bonchev–Trinajstić information content (AvgIpc) is 2.57. The Labute approximate surface area is 152 Å². The van der Waals surface area contributed by atoms with Crippen molar-refractivity contribution in [2.24, 2.45) is 4.99 Å². The number of allylic oxidation sites excluding steroid dienone is 1. The van der Waals surface area contributed by atoms with Gasteiger partial charge < -0.3 is 0 Å². The summed E-state index contributed by atoms with van der Waals surface area (Å²) in [6, 6.07) is 8.19. The van der Waals surface area contributed by atoms with Gasteiger partial charge in [-0.1, -0.05) is 49.5 Å². The molecule has 0 aliphatic heterocycles. The van der Waals surface area contributed by atoms with Crippen LogP contribution in [-0.2, 0) is 0 Å². The number of thiocarbonyl (C=S) groups is 1. The molecule has 1 nitrogen and oxygen atoms in total. The number of halogens is 2. The van der Waals surface area contributed by atoms with E-state index in [4.69, 9.17) is 0 Å². The van der Waals surface area contributed by atoms with E-state index in [9.17, 15) is 8.78 Å². The lowest BCUT2D eigenvalue weighted by atomic mass is 10.0. The second-order valence-electron chi connectivity index (χ2n) is 5.51. The van der Waals surface area contributed by atoms with Crippen LogP contribution in [0.5, 0.6) is 0 Å². The molecule has 0 saturated heterocycles. The number of aliphatic imine (C=N–C) groups is 1. The molecule has 0 atom stereocenters. The SMILES string of the molecule is CCC/C=C/c1ccc(C#Cc2cc(F)c(N=C=S)c(F)c2)c(C)c1. The molecule has 0 heterocycles. The van der Waals surface area contributed by atoms with Crippen molar-refractivity contribution >= 4 is 29.1 Å². The summed E-state index contributed by atoms with van der Waals surface area (Å²) in [5.74, 6) is 4.12. The van der Waals surface area contributed by atoms with Crippen LogP contribution in [0.4, 0.5) is 14.5 Å². The topological polar surface area (TPSA) is 12.4 Å². The molecule has 0 aromatic heterocycles. The van der Waals surface area contributed by atoms with E-state index in [1.807, 2.05) is 30.3 Å². The van der Waals surface area contributed by atoms with Crippen molar-refractivity contribution in [2.45, 2.75) is 26.7 Å². The second-order valence-corrected chi connectivity index (χ2v) is 5.69. The number of rotatable bonds is 4. The molecule has 0 bridgehead atoms. The highest BCUT2D eigenvalue weighted by atomic mass is 32.1. The normalized spacial score (nSPS) is 10.2. The van der Waals surface area contributed by atoms with E-state index in [0.29, 0.717) is 0 Å². The van der Waals surface area contributed by atoms with E-state index in [2.05, 4.69) is 48.1 Å². The molecule has 0 radical (unpaired) electrons. The van der Waals surface area contributed by atoms with Gasteiger partial charge >= 0.3 is 0 Å². The van der Waals surface area contributed by atoms with Gasteiger partial charge in [-0.15, -0.1) is 0 Å². The number of unbranched alkanes of at least 4 members (excludes halogenated alkanes) is 1. The van der Waals surface area contributed by atoms with E-state index in [1.54, 1.807) is 0 Å². The first-order valence-corrected chi connectivity index (χ1v) is 8.32. The van der Waals surface area contributed by atoms with Gasteiger partial charge in [0.15, 0.2) is 11.6 Å². The summed E-state index contributed by atoms with van der Waals surface area (Å²) in [5, 5.41) is 1.96. The van der Waals surface area contributed by atoms with Crippen molar-refractivity contribution in [3.8, 4) is 11.8 Å². The van der Waals surface area contributed by atoms with Crippen LogP contribution in [0.3, 0.4) is 0 Å². The lowest BCUT2D eigenvalue weighted by molar-refractivity contribution is 0.587. The van der Waals surface area contributed by atoms with Crippen molar-refractivity contribution < 1.29 is 8.78 Å². The molecule has 0 amide bonds. The standard InChI is InChI=1S/C21H17F2NS/c1-3-4-5-6-16-7-9-18(15(2)11-16)10-8-17-12-19(22)21(24-14-25)20(23)13-17/h5-7,9,11-13H,3-4H2,1-2H3/b6-5+. The predicted octanol–water partition coefficient (Wildman–Crippen LogP) is 6.22. The van der Waals surface area contributed by atoms with E-state index in [0.717, 1.165) is 41.7 Å². The van der Waals surface area contributed by atoms with Crippen molar-refractivity contribution in [1.29, 1.82) is 0 Å². The Bertz CT molecular complexity index is 890. The first-order chi connectivity index (χ1) is 12.0. The fourth-order valence-corrected chi connectivity index (χ4v) is 2.34. The Morgan fingerprint density at radius 1 is 1.12 bits per heavy atom. The van der Waals surface area contributed by atoms with Gasteiger partial charge in [0.2, 0.25) is 0 Å². The highest BCUT2D eigenvalue weighted by Crippen LogP contribution is 2.23. The zero-order valence-corrected chi connectivity index (χ0v) is 14.9. The molecule has 0 saturated carbocycles. The van der Waals surface area contributed by atoms with E-state index in [-0.39, 0.29) is 5.56 Å². The summed E-state index contributed by atoms with van der Waals surface area (Å²) in [7, 11) is 0. The zero-order chi connectivity index (χ0) is 18.2. The van der Waals surface area contributed by atoms with Crippen LogP contribution in [0.2, 0.25) is 0 Å². The zero-order valence-electron chi connectivity index (χ0n) is 14.1. The molecule has 0 spiro atoms. The summed E-state index contributed by atoms with van der Waals surface area (Å²) < 4.78 is 27.6. The van der Waals surface area contributed by atoms with Gasteiger partial charge in [-0.2, -0.15) is 4.99 Å². The van der Waals surface area contributed by atoms with Gasteiger partial charge in [0.25, 0.3) is 0 Å². The maximum absolute atomic E-state index is 13.8. The van der Waals surface area contributed by atoms with Crippen LogP contribution in [0.15, 0.2) is 41.4 Å². The van der Waals surface area contributed by atoms with Crippen LogP contribution >= 0.6 is 12.2 Å². The maximum Gasteiger partial charge on any atom is 0.153 e. The molecule has 0 aliphatic rings. The minimum atomic E-state index is -0.810. The third-order valence-electron chi connectivity index (χ3n) is 3.53. The predicted molar refractivity (Wildman–Crippen MR) is 102 cm³/mol. The molecular formula is C21H17F2NS. The first-order valence-electron chi connectivity index (χ1n) is 7.91. The van der Waals surface area contributed by atoms with Gasteiger partial charge in [-0.25, -0.2) is 8.78 Å². The van der Waals surface area contributed by atoms with Crippen LogP contribution in [0.25, 0.3) is 6.08 Å². The van der Waals surface area contributed by atoms with Crippen molar-refractivity contribution in [1.82, 2.24) is 0 Å². The van der Waals surface area contributed by atoms with Crippen molar-refractivity contribution in [2.75, 3.05) is 0 Å². The monoisotopic (exact) mass is 353 g/mol. The molecule has 126 valence electrons. The Morgan fingerprint density at radius 2 is 1.84 bits per heavy atom. The quantitative estimate of drug-likeness (QED) is 0.361.